The lowest BCUT2D eigenvalue weighted by Gasteiger charge is -2.17. The summed E-state index contributed by atoms with van der Waals surface area (Å²) in [6, 6.07) is 2.00. The van der Waals surface area contributed by atoms with Gasteiger partial charge in [0, 0.05) is 12.1 Å². The molecule has 86 valence electrons. The van der Waals surface area contributed by atoms with Gasteiger partial charge in [-0.1, -0.05) is 27.2 Å². The fourth-order valence-electron chi connectivity index (χ4n) is 1.53. The first-order valence-corrected chi connectivity index (χ1v) is 5.80. The fraction of sp³-hybridized carbons (Fsp3) is 0.692. The molecule has 2 nitrogen and oxygen atoms in total. The minimum Gasteiger partial charge on any atom is -0.472 e. The predicted molar refractivity (Wildman–Crippen MR) is 63.7 cm³/mol. The summed E-state index contributed by atoms with van der Waals surface area (Å²) in [5, 5.41) is 3.41. The molecule has 0 spiro atoms. The van der Waals surface area contributed by atoms with Crippen LogP contribution in [0.3, 0.4) is 0 Å². The van der Waals surface area contributed by atoms with Crippen LogP contribution in [0, 0.1) is 5.41 Å². The molecule has 0 saturated heterocycles. The summed E-state index contributed by atoms with van der Waals surface area (Å²) in [7, 11) is 0. The van der Waals surface area contributed by atoms with Crippen LogP contribution in [-0.2, 0) is 6.54 Å². The zero-order chi connectivity index (χ0) is 11.1. The lowest BCUT2D eigenvalue weighted by molar-refractivity contribution is 0.358. The van der Waals surface area contributed by atoms with Crippen molar-refractivity contribution in [2.45, 2.75) is 46.6 Å². The first-order valence-electron chi connectivity index (χ1n) is 5.80. The summed E-state index contributed by atoms with van der Waals surface area (Å²) in [5.74, 6) is 0. The van der Waals surface area contributed by atoms with E-state index < -0.39 is 0 Å². The Kier molecular flexibility index (Phi) is 4.89. The summed E-state index contributed by atoms with van der Waals surface area (Å²) < 4.78 is 5.00. The molecule has 1 aromatic rings. The second-order valence-corrected chi connectivity index (χ2v) is 5.33. The van der Waals surface area contributed by atoms with E-state index in [-0.39, 0.29) is 0 Å². The van der Waals surface area contributed by atoms with Crippen LogP contribution < -0.4 is 5.32 Å². The van der Waals surface area contributed by atoms with Gasteiger partial charge in [0.05, 0.1) is 12.5 Å². The van der Waals surface area contributed by atoms with E-state index >= 15 is 0 Å². The molecule has 0 saturated carbocycles. The molecule has 0 amide bonds. The first-order chi connectivity index (χ1) is 7.08. The standard InChI is InChI=1S/C13H23NO/c1-13(2,3)7-4-5-8-14-10-12-6-9-15-11-12/h6,9,11,14H,4-5,7-8,10H2,1-3H3. The van der Waals surface area contributed by atoms with E-state index in [9.17, 15) is 0 Å². The first kappa shape index (κ1) is 12.3. The largest absolute Gasteiger partial charge is 0.472 e. The normalized spacial score (nSPS) is 11.9. The maximum atomic E-state index is 5.00. The summed E-state index contributed by atoms with van der Waals surface area (Å²) in [6.07, 6.45) is 7.39. The minimum absolute atomic E-state index is 0.477. The van der Waals surface area contributed by atoms with Gasteiger partial charge in [-0.2, -0.15) is 0 Å². The van der Waals surface area contributed by atoms with Crippen molar-refractivity contribution in [3.8, 4) is 0 Å². The summed E-state index contributed by atoms with van der Waals surface area (Å²) in [6.45, 7) is 8.91. The highest BCUT2D eigenvalue weighted by molar-refractivity contribution is 5.04. The van der Waals surface area contributed by atoms with Gasteiger partial charge in [0.1, 0.15) is 0 Å². The van der Waals surface area contributed by atoms with Gasteiger partial charge in [-0.25, -0.2) is 0 Å². The fourth-order valence-corrected chi connectivity index (χ4v) is 1.53. The maximum Gasteiger partial charge on any atom is 0.0947 e. The van der Waals surface area contributed by atoms with Crippen molar-refractivity contribution in [2.24, 2.45) is 5.41 Å². The van der Waals surface area contributed by atoms with Gasteiger partial charge >= 0.3 is 0 Å². The third-order valence-corrected chi connectivity index (χ3v) is 2.44. The Morgan fingerprint density at radius 1 is 1.27 bits per heavy atom. The van der Waals surface area contributed by atoms with E-state index in [0.717, 1.165) is 13.1 Å². The number of furan rings is 1. The molecule has 1 heterocycles. The molecule has 0 atom stereocenters. The molecule has 0 fully saturated rings. The van der Waals surface area contributed by atoms with Crippen molar-refractivity contribution in [1.29, 1.82) is 0 Å². The van der Waals surface area contributed by atoms with Crippen molar-refractivity contribution >= 4 is 0 Å². The molecule has 15 heavy (non-hydrogen) atoms. The monoisotopic (exact) mass is 209 g/mol. The van der Waals surface area contributed by atoms with Crippen molar-refractivity contribution in [2.75, 3.05) is 6.54 Å². The van der Waals surface area contributed by atoms with Gasteiger partial charge < -0.3 is 9.73 Å². The van der Waals surface area contributed by atoms with Gasteiger partial charge in [-0.15, -0.1) is 0 Å². The molecule has 0 aliphatic rings. The van der Waals surface area contributed by atoms with E-state index in [0.29, 0.717) is 5.41 Å². The topological polar surface area (TPSA) is 25.2 Å². The highest BCUT2D eigenvalue weighted by Crippen LogP contribution is 2.21. The Morgan fingerprint density at radius 3 is 2.67 bits per heavy atom. The van der Waals surface area contributed by atoms with Crippen LogP contribution in [0.4, 0.5) is 0 Å². The SMILES string of the molecule is CC(C)(C)CCCCNCc1ccoc1. The van der Waals surface area contributed by atoms with Crippen LogP contribution in [0.25, 0.3) is 0 Å². The van der Waals surface area contributed by atoms with Gasteiger partial charge in [-0.05, 0) is 30.9 Å². The van der Waals surface area contributed by atoms with Gasteiger partial charge in [0.2, 0.25) is 0 Å². The highest BCUT2D eigenvalue weighted by Gasteiger charge is 2.08. The molecule has 1 rings (SSSR count). The molecular weight excluding hydrogens is 186 g/mol. The molecule has 0 bridgehead atoms. The Bertz CT molecular complexity index is 246. The Labute approximate surface area is 93.1 Å². The molecule has 0 unspecified atom stereocenters. The molecule has 0 radical (unpaired) electrons. The lowest BCUT2D eigenvalue weighted by atomic mass is 9.90. The molecule has 1 aromatic heterocycles. The van der Waals surface area contributed by atoms with Crippen molar-refractivity contribution in [3.63, 3.8) is 0 Å². The van der Waals surface area contributed by atoms with Crippen LogP contribution >= 0.6 is 0 Å². The van der Waals surface area contributed by atoms with Gasteiger partial charge in [0.25, 0.3) is 0 Å². The van der Waals surface area contributed by atoms with Crippen LogP contribution in [-0.4, -0.2) is 6.54 Å². The summed E-state index contributed by atoms with van der Waals surface area (Å²) >= 11 is 0. The number of rotatable bonds is 6. The quantitative estimate of drug-likeness (QED) is 0.724. The average molecular weight is 209 g/mol. The average Bonchev–Trinajstić information content (AvgIpc) is 2.61. The molecule has 0 aromatic carbocycles. The number of hydrogen-bond donors (Lipinski definition) is 1. The van der Waals surface area contributed by atoms with Crippen molar-refractivity contribution in [1.82, 2.24) is 5.32 Å². The second-order valence-electron chi connectivity index (χ2n) is 5.33. The van der Waals surface area contributed by atoms with E-state index in [1.807, 2.05) is 6.07 Å². The van der Waals surface area contributed by atoms with Gasteiger partial charge in [0.15, 0.2) is 0 Å². The van der Waals surface area contributed by atoms with Crippen LogP contribution in [0.1, 0.15) is 45.6 Å². The number of nitrogens with one attached hydrogen (secondary N) is 1. The highest BCUT2D eigenvalue weighted by atomic mass is 16.3. The van der Waals surface area contributed by atoms with E-state index in [4.69, 9.17) is 4.42 Å². The maximum absolute atomic E-state index is 5.00. The zero-order valence-electron chi connectivity index (χ0n) is 10.2. The number of hydrogen-bond acceptors (Lipinski definition) is 2. The van der Waals surface area contributed by atoms with E-state index in [1.165, 1.54) is 24.8 Å². The van der Waals surface area contributed by atoms with E-state index in [1.54, 1.807) is 12.5 Å². The smallest absolute Gasteiger partial charge is 0.0947 e. The zero-order valence-corrected chi connectivity index (χ0v) is 10.2. The second kappa shape index (κ2) is 5.96. The molecule has 0 aliphatic heterocycles. The Hall–Kier alpha value is -0.760. The Balaban J connectivity index is 1.94. The van der Waals surface area contributed by atoms with Crippen LogP contribution in [0.2, 0.25) is 0 Å². The van der Waals surface area contributed by atoms with Gasteiger partial charge in [-0.3, -0.25) is 0 Å². The van der Waals surface area contributed by atoms with Crippen molar-refractivity contribution in [3.05, 3.63) is 24.2 Å². The molecule has 1 N–H and O–H groups in total. The lowest BCUT2D eigenvalue weighted by Crippen LogP contribution is -2.15. The Morgan fingerprint density at radius 2 is 2.07 bits per heavy atom. The number of unbranched alkanes of at least 4 members (excludes halogenated alkanes) is 1. The third-order valence-electron chi connectivity index (χ3n) is 2.44. The predicted octanol–water partition coefficient (Wildman–Crippen LogP) is 3.59. The molecule has 0 aliphatic carbocycles. The molecule has 2 heteroatoms. The third kappa shape index (κ3) is 6.34. The molecular formula is C13H23NO. The summed E-state index contributed by atoms with van der Waals surface area (Å²) in [4.78, 5) is 0. The van der Waals surface area contributed by atoms with Crippen LogP contribution in [0.5, 0.6) is 0 Å². The van der Waals surface area contributed by atoms with Crippen molar-refractivity contribution < 1.29 is 4.42 Å². The van der Waals surface area contributed by atoms with E-state index in [2.05, 4.69) is 26.1 Å². The van der Waals surface area contributed by atoms with Crippen LogP contribution in [0.15, 0.2) is 23.0 Å². The minimum atomic E-state index is 0.477. The summed E-state index contributed by atoms with van der Waals surface area (Å²) in [5.41, 5.74) is 1.70.